The van der Waals surface area contributed by atoms with Gasteiger partial charge in [-0.3, -0.25) is 4.79 Å². The maximum absolute atomic E-state index is 10.8. The predicted octanol–water partition coefficient (Wildman–Crippen LogP) is 1.85. The molecule has 2 rings (SSSR count). The summed E-state index contributed by atoms with van der Waals surface area (Å²) in [7, 11) is 0. The largest absolute Gasteiger partial charge is 0.370 e. The van der Waals surface area contributed by atoms with E-state index in [2.05, 4.69) is 43.0 Å². The Kier molecular flexibility index (Phi) is 4.92. The first-order valence-corrected chi connectivity index (χ1v) is 7.30. The van der Waals surface area contributed by atoms with Crippen molar-refractivity contribution in [3.63, 3.8) is 0 Å². The van der Waals surface area contributed by atoms with Crippen molar-refractivity contribution in [2.24, 2.45) is 11.5 Å². The van der Waals surface area contributed by atoms with Gasteiger partial charge in [0.05, 0.1) is 6.04 Å². The summed E-state index contributed by atoms with van der Waals surface area (Å²) < 4.78 is 5.20. The summed E-state index contributed by atoms with van der Waals surface area (Å²) in [6.07, 6.45) is 1.21. The van der Waals surface area contributed by atoms with Gasteiger partial charge in [-0.05, 0) is 43.9 Å². The van der Waals surface area contributed by atoms with E-state index in [1.807, 2.05) is 0 Å². The van der Waals surface area contributed by atoms with Gasteiger partial charge in [-0.1, -0.05) is 22.9 Å². The summed E-state index contributed by atoms with van der Waals surface area (Å²) in [4.78, 5) is 15.1. The molecule has 1 atom stereocenters. The highest BCUT2D eigenvalue weighted by atomic mass is 16.5. The van der Waals surface area contributed by atoms with Crippen LogP contribution in [0.15, 0.2) is 16.7 Å². The average Bonchev–Trinajstić information content (AvgIpc) is 2.88. The van der Waals surface area contributed by atoms with Crippen molar-refractivity contribution in [3.8, 4) is 0 Å². The molecule has 6 heteroatoms. The van der Waals surface area contributed by atoms with Crippen molar-refractivity contribution in [1.29, 1.82) is 0 Å². The van der Waals surface area contributed by atoms with Gasteiger partial charge in [0, 0.05) is 12.8 Å². The molecule has 1 heterocycles. The molecule has 0 fully saturated rings. The Morgan fingerprint density at radius 2 is 1.91 bits per heavy atom. The second-order valence-corrected chi connectivity index (χ2v) is 5.71. The van der Waals surface area contributed by atoms with E-state index >= 15 is 0 Å². The van der Waals surface area contributed by atoms with E-state index in [1.165, 1.54) is 22.3 Å². The molecule has 1 aromatic heterocycles. The second-order valence-electron chi connectivity index (χ2n) is 5.71. The summed E-state index contributed by atoms with van der Waals surface area (Å²) >= 11 is 0. The van der Waals surface area contributed by atoms with E-state index in [4.69, 9.17) is 16.0 Å². The number of carbonyl (C=O) groups is 1. The number of aromatic nitrogens is 2. The minimum atomic E-state index is -0.464. The number of aryl methyl sites for hydroxylation is 3. The normalized spacial score (nSPS) is 12.4. The minimum Gasteiger partial charge on any atom is -0.370 e. The number of nitrogens with two attached hydrogens (primary N) is 2. The zero-order chi connectivity index (χ0) is 16.3. The van der Waals surface area contributed by atoms with Crippen LogP contribution < -0.4 is 11.5 Å². The van der Waals surface area contributed by atoms with Crippen LogP contribution in [0.2, 0.25) is 0 Å². The third-order valence-electron chi connectivity index (χ3n) is 3.68. The van der Waals surface area contributed by atoms with Crippen LogP contribution in [0.1, 0.15) is 52.9 Å². The summed E-state index contributed by atoms with van der Waals surface area (Å²) in [5, 5.41) is 3.98. The first-order valence-electron chi connectivity index (χ1n) is 7.30. The van der Waals surface area contributed by atoms with Gasteiger partial charge in [-0.25, -0.2) is 0 Å². The highest BCUT2D eigenvalue weighted by Crippen LogP contribution is 2.20. The number of amides is 1. The fraction of sp³-hybridized carbons (Fsp3) is 0.438. The molecule has 22 heavy (non-hydrogen) atoms. The van der Waals surface area contributed by atoms with Crippen LogP contribution in [0.3, 0.4) is 0 Å². The molecule has 0 radical (unpaired) electrons. The molecule has 0 bridgehead atoms. The lowest BCUT2D eigenvalue weighted by molar-refractivity contribution is -0.118. The number of carbonyl (C=O) groups excluding carboxylic acids is 1. The first-order chi connectivity index (χ1) is 10.4. The summed E-state index contributed by atoms with van der Waals surface area (Å²) in [6.45, 7) is 6.23. The summed E-state index contributed by atoms with van der Waals surface area (Å²) in [5.74, 6) is 0.555. The SMILES string of the molecule is Cc1cc(C)c(Cc2noc([C@@H](N)CCC(N)=O)n2)c(C)c1. The maximum atomic E-state index is 10.8. The van der Waals surface area contributed by atoms with Crippen LogP contribution in [0.25, 0.3) is 0 Å². The molecule has 1 amide bonds. The van der Waals surface area contributed by atoms with Crippen molar-refractivity contribution in [1.82, 2.24) is 10.1 Å². The Morgan fingerprint density at radius 1 is 1.27 bits per heavy atom. The number of hydrogen-bond donors (Lipinski definition) is 2. The smallest absolute Gasteiger partial charge is 0.243 e. The van der Waals surface area contributed by atoms with Crippen molar-refractivity contribution in [2.45, 2.75) is 46.1 Å². The topological polar surface area (TPSA) is 108 Å². The van der Waals surface area contributed by atoms with Crippen LogP contribution in [-0.4, -0.2) is 16.0 Å². The number of primary amides is 1. The van der Waals surface area contributed by atoms with Gasteiger partial charge >= 0.3 is 0 Å². The van der Waals surface area contributed by atoms with Crippen LogP contribution in [-0.2, 0) is 11.2 Å². The van der Waals surface area contributed by atoms with Crippen LogP contribution >= 0.6 is 0 Å². The Labute approximate surface area is 129 Å². The van der Waals surface area contributed by atoms with Crippen molar-refractivity contribution >= 4 is 5.91 Å². The minimum absolute atomic E-state index is 0.203. The summed E-state index contributed by atoms with van der Waals surface area (Å²) in [6, 6.07) is 3.82. The molecule has 0 aliphatic heterocycles. The standard InChI is InChI=1S/C16H22N4O2/c1-9-6-10(2)12(11(3)7-9)8-15-19-16(22-20-15)13(17)4-5-14(18)21/h6-7,13H,4-5,8,17H2,1-3H3,(H2,18,21)/t13-/m0/s1. The lowest BCUT2D eigenvalue weighted by atomic mass is 9.97. The second kappa shape index (κ2) is 6.70. The molecular formula is C16H22N4O2. The lowest BCUT2D eigenvalue weighted by Crippen LogP contribution is -2.16. The van der Waals surface area contributed by atoms with Gasteiger partial charge in [0.1, 0.15) is 0 Å². The van der Waals surface area contributed by atoms with Crippen LogP contribution in [0, 0.1) is 20.8 Å². The van der Waals surface area contributed by atoms with Gasteiger partial charge < -0.3 is 16.0 Å². The highest BCUT2D eigenvalue weighted by Gasteiger charge is 2.16. The Hall–Kier alpha value is -2.21. The molecule has 0 saturated carbocycles. The summed E-state index contributed by atoms with van der Waals surface area (Å²) in [5.41, 5.74) is 15.9. The molecule has 118 valence electrons. The van der Waals surface area contributed by atoms with Gasteiger partial charge in [0.15, 0.2) is 5.82 Å². The molecule has 0 spiro atoms. The monoisotopic (exact) mass is 302 g/mol. The number of hydrogen-bond acceptors (Lipinski definition) is 5. The molecule has 6 nitrogen and oxygen atoms in total. The third kappa shape index (κ3) is 3.92. The fourth-order valence-electron chi connectivity index (χ4n) is 2.56. The molecule has 0 unspecified atom stereocenters. The third-order valence-corrected chi connectivity index (χ3v) is 3.68. The van der Waals surface area contributed by atoms with Crippen LogP contribution in [0.5, 0.6) is 0 Å². The Bertz CT molecular complexity index is 656. The van der Waals surface area contributed by atoms with E-state index in [0.717, 1.165) is 0 Å². The number of nitrogens with zero attached hydrogens (tertiary/aromatic N) is 2. The van der Waals surface area contributed by atoms with Crippen LogP contribution in [0.4, 0.5) is 0 Å². The Balaban J connectivity index is 2.11. The molecular weight excluding hydrogens is 280 g/mol. The first kappa shape index (κ1) is 16.2. The molecule has 0 aliphatic rings. The molecule has 1 aromatic carbocycles. The van der Waals surface area contributed by atoms with E-state index in [-0.39, 0.29) is 12.3 Å². The predicted molar refractivity (Wildman–Crippen MR) is 83.1 cm³/mol. The zero-order valence-electron chi connectivity index (χ0n) is 13.2. The molecule has 2 aromatic rings. The lowest BCUT2D eigenvalue weighted by Gasteiger charge is -2.09. The van der Waals surface area contributed by atoms with Crippen molar-refractivity contribution < 1.29 is 9.32 Å². The van der Waals surface area contributed by atoms with Gasteiger partial charge in [-0.2, -0.15) is 4.98 Å². The fourth-order valence-corrected chi connectivity index (χ4v) is 2.56. The van der Waals surface area contributed by atoms with Crippen molar-refractivity contribution in [3.05, 3.63) is 46.1 Å². The van der Waals surface area contributed by atoms with E-state index in [9.17, 15) is 4.79 Å². The molecule has 0 aliphatic carbocycles. The number of benzene rings is 1. The van der Waals surface area contributed by atoms with Gasteiger partial charge in [0.2, 0.25) is 11.8 Å². The van der Waals surface area contributed by atoms with E-state index in [0.29, 0.717) is 24.6 Å². The zero-order valence-corrected chi connectivity index (χ0v) is 13.2. The average molecular weight is 302 g/mol. The van der Waals surface area contributed by atoms with Gasteiger partial charge in [0.25, 0.3) is 0 Å². The Morgan fingerprint density at radius 3 is 2.50 bits per heavy atom. The molecule has 0 saturated heterocycles. The van der Waals surface area contributed by atoms with E-state index < -0.39 is 6.04 Å². The highest BCUT2D eigenvalue weighted by molar-refractivity contribution is 5.73. The van der Waals surface area contributed by atoms with E-state index in [1.54, 1.807) is 0 Å². The number of rotatable bonds is 6. The van der Waals surface area contributed by atoms with Gasteiger partial charge in [-0.15, -0.1) is 0 Å². The quantitative estimate of drug-likeness (QED) is 0.846. The maximum Gasteiger partial charge on any atom is 0.243 e. The molecule has 4 N–H and O–H groups in total. The van der Waals surface area contributed by atoms with Crippen molar-refractivity contribution in [2.75, 3.05) is 0 Å².